The van der Waals surface area contributed by atoms with E-state index < -0.39 is 23.3 Å². The standard InChI is InChI=1S/C12H14F3NO2S/c1-16(2)5-6-19-8-3-4-9(11(17)18)10(7-8)12(13,14)15/h3-4,7H,5-6H2,1-2H3,(H,17,18). The number of rotatable bonds is 5. The molecule has 0 aliphatic rings. The lowest BCUT2D eigenvalue weighted by Gasteiger charge is -2.13. The third kappa shape index (κ3) is 4.76. The molecule has 0 aromatic heterocycles. The summed E-state index contributed by atoms with van der Waals surface area (Å²) in [5.41, 5.74) is -1.82. The number of aromatic carboxylic acids is 1. The third-order valence-corrected chi connectivity index (χ3v) is 3.31. The molecule has 0 saturated heterocycles. The number of benzene rings is 1. The summed E-state index contributed by atoms with van der Waals surface area (Å²) in [6.07, 6.45) is -4.66. The predicted molar refractivity (Wildman–Crippen MR) is 67.7 cm³/mol. The zero-order chi connectivity index (χ0) is 14.6. The van der Waals surface area contributed by atoms with Crippen LogP contribution in [0.1, 0.15) is 15.9 Å². The van der Waals surface area contributed by atoms with Gasteiger partial charge in [-0.2, -0.15) is 13.2 Å². The Hall–Kier alpha value is -1.21. The summed E-state index contributed by atoms with van der Waals surface area (Å²) >= 11 is 1.26. The van der Waals surface area contributed by atoms with Gasteiger partial charge in [-0.1, -0.05) is 0 Å². The molecule has 0 heterocycles. The molecular formula is C12H14F3NO2S. The molecule has 3 nitrogen and oxygen atoms in total. The third-order valence-electron chi connectivity index (χ3n) is 2.33. The van der Waals surface area contributed by atoms with Crippen molar-refractivity contribution in [1.29, 1.82) is 0 Å². The Morgan fingerprint density at radius 3 is 2.47 bits per heavy atom. The van der Waals surface area contributed by atoms with Crippen LogP contribution in [0.5, 0.6) is 0 Å². The smallest absolute Gasteiger partial charge is 0.417 e. The normalized spacial score (nSPS) is 11.9. The monoisotopic (exact) mass is 293 g/mol. The quantitative estimate of drug-likeness (QED) is 0.847. The highest BCUT2D eigenvalue weighted by atomic mass is 32.2. The molecule has 1 rings (SSSR count). The number of carbonyl (C=O) groups is 1. The minimum absolute atomic E-state index is 0.416. The van der Waals surface area contributed by atoms with E-state index in [4.69, 9.17) is 5.11 Å². The molecule has 0 aliphatic heterocycles. The van der Waals surface area contributed by atoms with Gasteiger partial charge in [0.1, 0.15) is 0 Å². The van der Waals surface area contributed by atoms with E-state index in [9.17, 15) is 18.0 Å². The maximum atomic E-state index is 12.8. The number of alkyl halides is 3. The molecule has 1 N–H and O–H groups in total. The minimum Gasteiger partial charge on any atom is -0.478 e. The first-order valence-corrected chi connectivity index (χ1v) is 6.42. The SMILES string of the molecule is CN(C)CCSc1ccc(C(=O)O)c(C(F)(F)F)c1. The lowest BCUT2D eigenvalue weighted by molar-refractivity contribution is -0.138. The molecule has 0 unspecified atom stereocenters. The fraction of sp³-hybridized carbons (Fsp3) is 0.417. The fourth-order valence-electron chi connectivity index (χ4n) is 1.38. The van der Waals surface area contributed by atoms with Crippen LogP contribution in [-0.4, -0.2) is 42.4 Å². The van der Waals surface area contributed by atoms with Crippen molar-refractivity contribution in [3.63, 3.8) is 0 Å². The van der Waals surface area contributed by atoms with Crippen molar-refractivity contribution in [3.8, 4) is 0 Å². The van der Waals surface area contributed by atoms with Gasteiger partial charge in [-0.15, -0.1) is 11.8 Å². The highest BCUT2D eigenvalue weighted by Gasteiger charge is 2.35. The van der Waals surface area contributed by atoms with Crippen molar-refractivity contribution >= 4 is 17.7 Å². The van der Waals surface area contributed by atoms with Crippen LogP contribution in [-0.2, 0) is 6.18 Å². The van der Waals surface area contributed by atoms with Crippen molar-refractivity contribution in [2.24, 2.45) is 0 Å². The minimum atomic E-state index is -4.66. The molecule has 19 heavy (non-hydrogen) atoms. The molecular weight excluding hydrogens is 279 g/mol. The van der Waals surface area contributed by atoms with Crippen LogP contribution in [0.25, 0.3) is 0 Å². The summed E-state index contributed by atoms with van der Waals surface area (Å²) in [5.74, 6) is -0.936. The van der Waals surface area contributed by atoms with Crippen LogP contribution < -0.4 is 0 Å². The number of nitrogens with zero attached hydrogens (tertiary/aromatic N) is 1. The Morgan fingerprint density at radius 2 is 2.00 bits per heavy atom. The summed E-state index contributed by atoms with van der Waals surface area (Å²) in [6, 6.07) is 3.30. The van der Waals surface area contributed by atoms with Gasteiger partial charge in [-0.05, 0) is 32.3 Å². The second-order valence-electron chi connectivity index (χ2n) is 4.16. The number of hydrogen-bond acceptors (Lipinski definition) is 3. The molecule has 0 amide bonds. The van der Waals surface area contributed by atoms with E-state index in [1.54, 1.807) is 0 Å². The van der Waals surface area contributed by atoms with Crippen LogP contribution in [0.4, 0.5) is 13.2 Å². The lowest BCUT2D eigenvalue weighted by Crippen LogP contribution is -2.15. The van der Waals surface area contributed by atoms with Gasteiger partial charge >= 0.3 is 12.1 Å². The summed E-state index contributed by atoms with van der Waals surface area (Å²) < 4.78 is 38.3. The van der Waals surface area contributed by atoms with Gasteiger partial charge in [0.15, 0.2) is 0 Å². The van der Waals surface area contributed by atoms with Gasteiger partial charge in [-0.3, -0.25) is 0 Å². The molecule has 0 bridgehead atoms. The molecule has 0 atom stereocenters. The maximum Gasteiger partial charge on any atom is 0.417 e. The molecule has 7 heteroatoms. The van der Waals surface area contributed by atoms with Crippen molar-refractivity contribution in [2.45, 2.75) is 11.1 Å². The fourth-order valence-corrected chi connectivity index (χ4v) is 2.44. The molecule has 106 valence electrons. The van der Waals surface area contributed by atoms with Crippen LogP contribution >= 0.6 is 11.8 Å². The van der Waals surface area contributed by atoms with E-state index in [0.717, 1.165) is 18.7 Å². The van der Waals surface area contributed by atoms with Gasteiger partial charge in [0.2, 0.25) is 0 Å². The Bertz CT molecular complexity index is 461. The Labute approximate surface area is 113 Å². The van der Waals surface area contributed by atoms with E-state index >= 15 is 0 Å². The number of hydrogen-bond donors (Lipinski definition) is 1. The van der Waals surface area contributed by atoms with Crippen molar-refractivity contribution in [1.82, 2.24) is 4.90 Å². The van der Waals surface area contributed by atoms with Crippen molar-refractivity contribution in [2.75, 3.05) is 26.4 Å². The number of halogens is 3. The summed E-state index contributed by atoms with van der Waals surface area (Å²) in [4.78, 5) is 13.1. The lowest BCUT2D eigenvalue weighted by atomic mass is 10.1. The molecule has 0 aliphatic carbocycles. The Morgan fingerprint density at radius 1 is 1.37 bits per heavy atom. The largest absolute Gasteiger partial charge is 0.478 e. The molecule has 0 radical (unpaired) electrons. The van der Waals surface area contributed by atoms with Crippen molar-refractivity contribution in [3.05, 3.63) is 29.3 Å². The van der Waals surface area contributed by atoms with Crippen LogP contribution in [0.15, 0.2) is 23.1 Å². The molecule has 0 saturated carbocycles. The van der Waals surface area contributed by atoms with Gasteiger partial charge < -0.3 is 10.0 Å². The van der Waals surface area contributed by atoms with E-state index in [-0.39, 0.29) is 0 Å². The average molecular weight is 293 g/mol. The van der Waals surface area contributed by atoms with E-state index in [1.165, 1.54) is 17.8 Å². The molecule has 1 aromatic rings. The second-order valence-corrected chi connectivity index (χ2v) is 5.33. The first-order valence-electron chi connectivity index (χ1n) is 5.44. The van der Waals surface area contributed by atoms with E-state index in [0.29, 0.717) is 10.6 Å². The average Bonchev–Trinajstić information content (AvgIpc) is 2.27. The summed E-state index contributed by atoms with van der Waals surface area (Å²) in [7, 11) is 3.74. The highest BCUT2D eigenvalue weighted by molar-refractivity contribution is 7.99. The van der Waals surface area contributed by atoms with Gasteiger partial charge in [-0.25, -0.2) is 4.79 Å². The summed E-state index contributed by atoms with van der Waals surface area (Å²) in [6.45, 7) is 0.729. The van der Waals surface area contributed by atoms with Gasteiger partial charge in [0, 0.05) is 17.2 Å². The topological polar surface area (TPSA) is 40.5 Å². The second kappa shape index (κ2) is 6.29. The number of carboxylic acid groups (broad SMARTS) is 1. The number of carboxylic acids is 1. The van der Waals surface area contributed by atoms with Gasteiger partial charge in [0.05, 0.1) is 11.1 Å². The van der Waals surface area contributed by atoms with Crippen molar-refractivity contribution < 1.29 is 23.1 Å². The maximum absolute atomic E-state index is 12.8. The van der Waals surface area contributed by atoms with E-state index in [2.05, 4.69) is 0 Å². The zero-order valence-corrected chi connectivity index (χ0v) is 11.3. The Balaban J connectivity index is 2.96. The zero-order valence-electron chi connectivity index (χ0n) is 10.5. The van der Waals surface area contributed by atoms with Crippen LogP contribution in [0.2, 0.25) is 0 Å². The molecule has 1 aromatic carbocycles. The Kier molecular flexibility index (Phi) is 5.25. The molecule has 0 spiro atoms. The first kappa shape index (κ1) is 15.8. The summed E-state index contributed by atoms with van der Waals surface area (Å²) in [5, 5.41) is 8.76. The van der Waals surface area contributed by atoms with Gasteiger partial charge in [0.25, 0.3) is 0 Å². The van der Waals surface area contributed by atoms with Crippen LogP contribution in [0, 0.1) is 0 Å². The first-order chi connectivity index (χ1) is 8.71. The highest BCUT2D eigenvalue weighted by Crippen LogP contribution is 2.34. The van der Waals surface area contributed by atoms with E-state index in [1.807, 2.05) is 19.0 Å². The molecule has 0 fully saturated rings. The van der Waals surface area contributed by atoms with Crippen LogP contribution in [0.3, 0.4) is 0 Å². The number of thioether (sulfide) groups is 1. The predicted octanol–water partition coefficient (Wildman–Crippen LogP) is 3.06.